The molecule has 0 aromatic rings. The van der Waals surface area contributed by atoms with E-state index >= 15 is 0 Å². The molecule has 2 aliphatic heterocycles. The van der Waals surface area contributed by atoms with Gasteiger partial charge < -0.3 is 10.2 Å². The summed E-state index contributed by atoms with van der Waals surface area (Å²) in [5.74, 6) is -1.75. The third kappa shape index (κ3) is 2.01. The van der Waals surface area contributed by atoms with Gasteiger partial charge in [-0.3, -0.25) is 14.5 Å². The number of carbonyl (C=O) groups is 2. The van der Waals surface area contributed by atoms with Crippen LogP contribution in [0.3, 0.4) is 0 Å². The maximum Gasteiger partial charge on any atom is 0.321 e. The van der Waals surface area contributed by atoms with Crippen molar-refractivity contribution < 1.29 is 19.8 Å². The number of rotatable bonds is 4. The van der Waals surface area contributed by atoms with E-state index in [1.54, 1.807) is 12.2 Å². The number of aliphatic hydroxyl groups excluding tert-OH is 1. The molecule has 0 aliphatic carbocycles. The number of carboxylic acid groups (broad SMARTS) is 1. The van der Waals surface area contributed by atoms with E-state index in [1.165, 1.54) is 12.2 Å². The third-order valence-corrected chi connectivity index (χ3v) is 4.70. The van der Waals surface area contributed by atoms with E-state index in [-0.39, 0.29) is 6.04 Å². The number of carbonyl (C=O) groups excluding carboxylic acids is 1. The number of fused-ring (bicyclic) bond motifs is 2. The molecule has 2 N–H and O–H groups in total. The highest BCUT2D eigenvalue weighted by Gasteiger charge is 2.63. The van der Waals surface area contributed by atoms with Crippen LogP contribution in [0.2, 0.25) is 0 Å². The molecular weight excluding hydrogens is 258 g/mol. The number of aliphatic carboxylic acids is 1. The van der Waals surface area contributed by atoms with Gasteiger partial charge in [0.2, 0.25) is 0 Å². The number of hydrogen-bond donors (Lipinski definition) is 2. The van der Waals surface area contributed by atoms with Crippen LogP contribution in [0.25, 0.3) is 0 Å². The van der Waals surface area contributed by atoms with E-state index < -0.39 is 29.3 Å². The molecule has 2 bridgehead atoms. The molecule has 0 radical (unpaired) electrons. The fraction of sp³-hybridized carbons (Fsp3) is 0.600. The van der Waals surface area contributed by atoms with Crippen LogP contribution in [0.5, 0.6) is 0 Å². The molecule has 0 amide bonds. The zero-order valence-corrected chi connectivity index (χ0v) is 11.8. The quantitative estimate of drug-likeness (QED) is 0.456. The lowest BCUT2D eigenvalue weighted by atomic mass is 9.68. The number of piperidine rings is 1. The van der Waals surface area contributed by atoms with Gasteiger partial charge in [0, 0.05) is 12.1 Å². The Kier molecular flexibility index (Phi) is 4.11. The Hall–Kier alpha value is -1.46. The lowest BCUT2D eigenvalue weighted by Gasteiger charge is -2.46. The molecule has 2 heterocycles. The second-order valence-electron chi connectivity index (χ2n) is 5.59. The van der Waals surface area contributed by atoms with Crippen molar-refractivity contribution in [2.24, 2.45) is 5.41 Å². The van der Waals surface area contributed by atoms with Crippen LogP contribution in [0, 0.1) is 5.41 Å². The first-order valence-corrected chi connectivity index (χ1v) is 6.93. The summed E-state index contributed by atoms with van der Waals surface area (Å²) in [6, 6.07) is -0.258. The summed E-state index contributed by atoms with van der Waals surface area (Å²) in [5.41, 5.74) is -1.74. The van der Waals surface area contributed by atoms with Crippen LogP contribution >= 0.6 is 0 Å². The van der Waals surface area contributed by atoms with Gasteiger partial charge in [-0.1, -0.05) is 18.2 Å². The molecule has 2 fully saturated rings. The van der Waals surface area contributed by atoms with Crippen molar-refractivity contribution in [2.45, 2.75) is 44.4 Å². The van der Waals surface area contributed by atoms with E-state index in [4.69, 9.17) is 0 Å². The van der Waals surface area contributed by atoms with E-state index in [9.17, 15) is 19.8 Å². The third-order valence-electron chi connectivity index (χ3n) is 4.70. The van der Waals surface area contributed by atoms with E-state index in [2.05, 4.69) is 0 Å². The average molecular weight is 279 g/mol. The Morgan fingerprint density at radius 2 is 2.00 bits per heavy atom. The molecule has 0 saturated carbocycles. The summed E-state index contributed by atoms with van der Waals surface area (Å²) in [6.45, 7) is 1.81. The number of ketones is 1. The van der Waals surface area contributed by atoms with Gasteiger partial charge in [-0.05, 0) is 39.3 Å². The van der Waals surface area contributed by atoms with Crippen molar-refractivity contribution in [3.8, 4) is 0 Å². The molecule has 2 rings (SSSR count). The number of nitrogens with zero attached hydrogens (tertiary/aromatic N) is 1. The molecule has 110 valence electrons. The molecule has 5 nitrogen and oxygen atoms in total. The Bertz CT molecular complexity index is 470. The number of hydrogen-bond acceptors (Lipinski definition) is 4. The highest BCUT2D eigenvalue weighted by atomic mass is 16.4. The van der Waals surface area contributed by atoms with Crippen molar-refractivity contribution in [2.75, 3.05) is 7.05 Å². The van der Waals surface area contributed by atoms with Gasteiger partial charge in [0.1, 0.15) is 0 Å². The van der Waals surface area contributed by atoms with Gasteiger partial charge >= 0.3 is 5.97 Å². The normalized spacial score (nSPS) is 37.9. The lowest BCUT2D eigenvalue weighted by molar-refractivity contribution is -0.173. The van der Waals surface area contributed by atoms with Gasteiger partial charge in [-0.25, -0.2) is 0 Å². The molecule has 5 heteroatoms. The summed E-state index contributed by atoms with van der Waals surface area (Å²) in [7, 11) is 1.84. The SMILES string of the molecule is C/C=C/C=C/C(=O)[C@]1(C(=O)O)[C@@H](O)C[C@@H]2CC[C@H]1N2C. The minimum atomic E-state index is -1.74. The fourth-order valence-electron chi connectivity index (χ4n) is 3.62. The van der Waals surface area contributed by atoms with Crippen LogP contribution in [-0.4, -0.2) is 52.1 Å². The lowest BCUT2D eigenvalue weighted by Crippen LogP contribution is -2.64. The van der Waals surface area contributed by atoms with E-state index in [0.29, 0.717) is 12.8 Å². The minimum Gasteiger partial charge on any atom is -0.480 e. The predicted molar refractivity (Wildman–Crippen MR) is 74.2 cm³/mol. The van der Waals surface area contributed by atoms with Gasteiger partial charge in [-0.2, -0.15) is 0 Å². The van der Waals surface area contributed by atoms with Crippen molar-refractivity contribution in [3.05, 3.63) is 24.3 Å². The highest BCUT2D eigenvalue weighted by Crippen LogP contribution is 2.47. The standard InChI is InChI=1S/C15H21NO4/c1-3-4-5-6-12(17)15(14(19)20)11-8-7-10(16(11)2)9-13(15)18/h3-6,10-11,13,18H,7-9H2,1-2H3,(H,19,20)/b4-3+,6-5+/t10-,11+,13-,15-/m0/s1. The minimum absolute atomic E-state index is 0.176. The smallest absolute Gasteiger partial charge is 0.321 e. The number of allylic oxidation sites excluding steroid dienone is 4. The molecule has 4 atom stereocenters. The largest absolute Gasteiger partial charge is 0.480 e. The molecule has 0 aromatic heterocycles. The highest BCUT2D eigenvalue weighted by molar-refractivity contribution is 6.10. The Morgan fingerprint density at radius 3 is 2.60 bits per heavy atom. The average Bonchev–Trinajstić information content (AvgIpc) is 2.65. The van der Waals surface area contributed by atoms with Crippen molar-refractivity contribution >= 4 is 11.8 Å². The van der Waals surface area contributed by atoms with E-state index in [1.807, 2.05) is 18.9 Å². The zero-order chi connectivity index (χ0) is 14.9. The monoisotopic (exact) mass is 279 g/mol. The first-order chi connectivity index (χ1) is 9.46. The van der Waals surface area contributed by atoms with Gasteiger partial charge in [0.25, 0.3) is 0 Å². The fourth-order valence-corrected chi connectivity index (χ4v) is 3.62. The maximum atomic E-state index is 12.5. The van der Waals surface area contributed by atoms with Gasteiger partial charge in [0.05, 0.1) is 6.10 Å². The maximum absolute atomic E-state index is 12.5. The van der Waals surface area contributed by atoms with E-state index in [0.717, 1.165) is 6.42 Å². The first-order valence-electron chi connectivity index (χ1n) is 6.93. The summed E-state index contributed by atoms with van der Waals surface area (Å²) >= 11 is 0. The van der Waals surface area contributed by atoms with Crippen LogP contribution in [-0.2, 0) is 9.59 Å². The second-order valence-corrected chi connectivity index (χ2v) is 5.59. The Labute approximate surface area is 118 Å². The van der Waals surface area contributed by atoms with Crippen LogP contribution < -0.4 is 0 Å². The molecule has 0 unspecified atom stereocenters. The molecule has 2 saturated heterocycles. The van der Waals surface area contributed by atoms with Crippen LogP contribution in [0.4, 0.5) is 0 Å². The number of carboxylic acids is 1. The van der Waals surface area contributed by atoms with Gasteiger partial charge in [0.15, 0.2) is 11.2 Å². The van der Waals surface area contributed by atoms with Gasteiger partial charge in [-0.15, -0.1) is 0 Å². The summed E-state index contributed by atoms with van der Waals surface area (Å²) in [4.78, 5) is 26.3. The first kappa shape index (κ1) is 14.9. The second kappa shape index (κ2) is 5.50. The molecule has 2 aliphatic rings. The van der Waals surface area contributed by atoms with Crippen LogP contribution in [0.1, 0.15) is 26.2 Å². The predicted octanol–water partition coefficient (Wildman–Crippen LogP) is 0.986. The van der Waals surface area contributed by atoms with Crippen molar-refractivity contribution in [1.82, 2.24) is 4.90 Å². The summed E-state index contributed by atoms with van der Waals surface area (Å²) in [5, 5.41) is 20.0. The Balaban J connectivity index is 2.42. The van der Waals surface area contributed by atoms with Crippen molar-refractivity contribution in [3.63, 3.8) is 0 Å². The summed E-state index contributed by atoms with van der Waals surface area (Å²) < 4.78 is 0. The Morgan fingerprint density at radius 1 is 1.30 bits per heavy atom. The molecule has 0 spiro atoms. The molecular formula is C15H21NO4. The summed E-state index contributed by atoms with van der Waals surface area (Å²) in [6.07, 6.45) is 6.90. The number of aliphatic hydroxyl groups is 1. The topological polar surface area (TPSA) is 77.8 Å². The molecule has 20 heavy (non-hydrogen) atoms. The van der Waals surface area contributed by atoms with Crippen LogP contribution in [0.15, 0.2) is 24.3 Å². The molecule has 0 aromatic carbocycles. The zero-order valence-electron chi connectivity index (χ0n) is 11.8. The van der Waals surface area contributed by atoms with Crippen molar-refractivity contribution in [1.29, 1.82) is 0 Å².